The van der Waals surface area contributed by atoms with Crippen molar-refractivity contribution in [3.8, 4) is 27.9 Å². The van der Waals surface area contributed by atoms with E-state index in [2.05, 4.69) is 187 Å². The molecule has 14 aromatic rings. The molecule has 4 heterocycles. The highest BCUT2D eigenvalue weighted by molar-refractivity contribution is 6.16. The predicted molar refractivity (Wildman–Crippen MR) is 258 cm³/mol. The zero-order valence-corrected chi connectivity index (χ0v) is 33.7. The molecule has 4 aromatic heterocycles. The van der Waals surface area contributed by atoms with Crippen LogP contribution in [0.3, 0.4) is 0 Å². The second-order valence-corrected chi connectivity index (χ2v) is 17.2. The number of hydrogen-bond donors (Lipinski definition) is 0. The maximum Gasteiger partial charge on any atom is 0.136 e. The van der Waals surface area contributed by atoms with Gasteiger partial charge < -0.3 is 17.8 Å². The van der Waals surface area contributed by atoms with E-state index in [0.29, 0.717) is 0 Å². The number of furan rings is 3. The summed E-state index contributed by atoms with van der Waals surface area (Å²) < 4.78 is 21.8. The van der Waals surface area contributed by atoms with E-state index in [-0.39, 0.29) is 5.92 Å². The summed E-state index contributed by atoms with van der Waals surface area (Å²) in [6, 6.07) is 70.3. The average molecular weight is 804 g/mol. The van der Waals surface area contributed by atoms with Crippen molar-refractivity contribution in [1.82, 2.24) is 4.57 Å². The number of rotatable bonds is 3. The van der Waals surface area contributed by atoms with Gasteiger partial charge in [0.15, 0.2) is 0 Å². The maximum atomic E-state index is 6.68. The van der Waals surface area contributed by atoms with Crippen molar-refractivity contribution in [2.24, 2.45) is 0 Å². The summed E-state index contributed by atoms with van der Waals surface area (Å²) >= 11 is 0. The van der Waals surface area contributed by atoms with Gasteiger partial charge in [0.2, 0.25) is 0 Å². The number of hydrogen-bond acceptors (Lipinski definition) is 3. The molecule has 4 nitrogen and oxygen atoms in total. The first-order valence-electron chi connectivity index (χ1n) is 21.6. The minimum absolute atomic E-state index is 0.0498. The fourth-order valence-corrected chi connectivity index (χ4v) is 11.0. The highest BCUT2D eigenvalue weighted by Crippen LogP contribution is 2.51. The molecule has 0 fully saturated rings. The van der Waals surface area contributed by atoms with Crippen LogP contribution in [0.25, 0.3) is 126 Å². The van der Waals surface area contributed by atoms with Gasteiger partial charge in [-0.2, -0.15) is 0 Å². The molecule has 0 radical (unpaired) electrons. The topological polar surface area (TPSA) is 44.4 Å². The Bertz CT molecular complexity index is 4230. The van der Waals surface area contributed by atoms with E-state index in [1.807, 2.05) is 12.1 Å². The molecule has 0 N–H and O–H groups in total. The van der Waals surface area contributed by atoms with Gasteiger partial charge in [0.1, 0.15) is 33.5 Å². The monoisotopic (exact) mass is 803 g/mol. The van der Waals surface area contributed by atoms with Gasteiger partial charge in [-0.1, -0.05) is 103 Å². The van der Waals surface area contributed by atoms with E-state index in [4.69, 9.17) is 13.3 Å². The molecule has 0 aliphatic heterocycles. The molecule has 0 spiro atoms. The van der Waals surface area contributed by atoms with Gasteiger partial charge in [-0.15, -0.1) is 0 Å². The molecule has 10 aromatic carbocycles. The molecule has 0 amide bonds. The lowest BCUT2D eigenvalue weighted by Gasteiger charge is -2.16. The van der Waals surface area contributed by atoms with Crippen molar-refractivity contribution >= 4 is 98.4 Å². The Labute approximate surface area is 359 Å². The standard InChI is InChI=1S/C59H33NO3/c1-2-10-34-27-50-44(25-33(34)9-1)45-30-38(60-51-14-6-3-11-39(51)40-12-4-7-15-52(40)60)20-22-43(45)59(50)37-19-24-55-47(28-37)49-32-57-48(31-58(49)62-55)42-21-17-36(29-56(42)63-57)35-18-23-54-46(26-35)41-13-5-8-16-53(41)61-54/h1-32,59H. The molecule has 1 aliphatic carbocycles. The molecular weight excluding hydrogens is 771 g/mol. The SMILES string of the molecule is c1ccc2cc3c(cc2c1)-c1cc(-n2c4ccccc4c4ccccc42)ccc1C3c1ccc2oc3cc4c(cc3c2c1)oc1cc(-c2ccc3oc5ccccc5c3c2)ccc14. The Balaban J connectivity index is 0.875. The fourth-order valence-electron chi connectivity index (χ4n) is 11.0. The van der Waals surface area contributed by atoms with Crippen LogP contribution in [0.4, 0.5) is 0 Å². The molecule has 4 heteroatoms. The number of fused-ring (bicyclic) bond motifs is 16. The Morgan fingerprint density at radius 1 is 0.317 bits per heavy atom. The third kappa shape index (κ3) is 4.64. The summed E-state index contributed by atoms with van der Waals surface area (Å²) in [5.74, 6) is 0.0498. The largest absolute Gasteiger partial charge is 0.456 e. The van der Waals surface area contributed by atoms with Gasteiger partial charge in [0, 0.05) is 54.7 Å². The second kappa shape index (κ2) is 12.2. The third-order valence-corrected chi connectivity index (χ3v) is 13.8. The molecule has 292 valence electrons. The first-order chi connectivity index (χ1) is 31.2. The fraction of sp³-hybridized carbons (Fsp3) is 0.0169. The van der Waals surface area contributed by atoms with Gasteiger partial charge >= 0.3 is 0 Å². The Morgan fingerprint density at radius 2 is 0.857 bits per heavy atom. The lowest BCUT2D eigenvalue weighted by Crippen LogP contribution is -2.00. The van der Waals surface area contributed by atoms with Crippen LogP contribution in [0.15, 0.2) is 207 Å². The highest BCUT2D eigenvalue weighted by Gasteiger charge is 2.32. The number of para-hydroxylation sites is 3. The van der Waals surface area contributed by atoms with E-state index < -0.39 is 0 Å². The van der Waals surface area contributed by atoms with Crippen LogP contribution in [-0.2, 0) is 0 Å². The highest BCUT2D eigenvalue weighted by atomic mass is 16.3. The van der Waals surface area contributed by atoms with E-state index in [1.54, 1.807) is 0 Å². The number of aromatic nitrogens is 1. The van der Waals surface area contributed by atoms with Gasteiger partial charge in [-0.25, -0.2) is 0 Å². The van der Waals surface area contributed by atoms with Crippen LogP contribution < -0.4 is 0 Å². The zero-order chi connectivity index (χ0) is 40.9. The van der Waals surface area contributed by atoms with E-state index in [1.165, 1.54) is 60.4 Å². The Kier molecular flexibility index (Phi) is 6.44. The van der Waals surface area contributed by atoms with Crippen LogP contribution in [-0.4, -0.2) is 4.57 Å². The summed E-state index contributed by atoms with van der Waals surface area (Å²) in [6.45, 7) is 0. The number of benzene rings is 10. The van der Waals surface area contributed by atoms with E-state index >= 15 is 0 Å². The molecule has 1 atom stereocenters. The average Bonchev–Trinajstić information content (AvgIpc) is 4.14. The van der Waals surface area contributed by atoms with Crippen LogP contribution >= 0.6 is 0 Å². The zero-order valence-electron chi connectivity index (χ0n) is 33.7. The molecule has 1 aliphatic rings. The van der Waals surface area contributed by atoms with Crippen LogP contribution in [0, 0.1) is 0 Å². The molecular formula is C59H33NO3. The molecule has 63 heavy (non-hydrogen) atoms. The quantitative estimate of drug-likeness (QED) is 0.179. The van der Waals surface area contributed by atoms with Crippen molar-refractivity contribution in [1.29, 1.82) is 0 Å². The van der Waals surface area contributed by atoms with Gasteiger partial charge in [0.25, 0.3) is 0 Å². The van der Waals surface area contributed by atoms with Gasteiger partial charge in [0.05, 0.1) is 11.0 Å². The summed E-state index contributed by atoms with van der Waals surface area (Å²) in [7, 11) is 0. The molecule has 0 saturated carbocycles. The second-order valence-electron chi connectivity index (χ2n) is 17.2. The van der Waals surface area contributed by atoms with E-state index in [9.17, 15) is 0 Å². The van der Waals surface area contributed by atoms with Crippen molar-refractivity contribution in [2.45, 2.75) is 5.92 Å². The van der Waals surface area contributed by atoms with Crippen LogP contribution in [0.2, 0.25) is 0 Å². The molecule has 15 rings (SSSR count). The normalized spacial score (nSPS) is 13.9. The van der Waals surface area contributed by atoms with Crippen molar-refractivity contribution in [3.63, 3.8) is 0 Å². The van der Waals surface area contributed by atoms with Gasteiger partial charge in [-0.3, -0.25) is 0 Å². The lowest BCUT2D eigenvalue weighted by molar-refractivity contribution is 0.664. The molecule has 0 saturated heterocycles. The Hall–Kier alpha value is -8.34. The van der Waals surface area contributed by atoms with Crippen molar-refractivity contribution in [2.75, 3.05) is 0 Å². The first kappa shape index (κ1) is 33.4. The third-order valence-electron chi connectivity index (χ3n) is 13.8. The summed E-state index contributed by atoms with van der Waals surface area (Å²) in [5, 5.41) is 11.5. The summed E-state index contributed by atoms with van der Waals surface area (Å²) in [5.41, 5.74) is 17.5. The Morgan fingerprint density at radius 3 is 1.67 bits per heavy atom. The maximum absolute atomic E-state index is 6.68. The minimum atomic E-state index is 0.0498. The molecule has 0 bridgehead atoms. The number of nitrogens with zero attached hydrogens (tertiary/aromatic N) is 1. The first-order valence-corrected chi connectivity index (χ1v) is 21.6. The molecule has 1 unspecified atom stereocenters. The van der Waals surface area contributed by atoms with Crippen LogP contribution in [0.5, 0.6) is 0 Å². The minimum Gasteiger partial charge on any atom is -0.456 e. The predicted octanol–water partition coefficient (Wildman–Crippen LogP) is 16.5. The van der Waals surface area contributed by atoms with Crippen molar-refractivity contribution < 1.29 is 13.3 Å². The van der Waals surface area contributed by atoms with Crippen molar-refractivity contribution in [3.05, 3.63) is 211 Å². The summed E-state index contributed by atoms with van der Waals surface area (Å²) in [6.07, 6.45) is 0. The van der Waals surface area contributed by atoms with E-state index in [0.717, 1.165) is 82.6 Å². The van der Waals surface area contributed by atoms with Crippen LogP contribution in [0.1, 0.15) is 22.6 Å². The lowest BCUT2D eigenvalue weighted by atomic mass is 9.87. The van der Waals surface area contributed by atoms with Gasteiger partial charge in [-0.05, 0) is 141 Å². The summed E-state index contributed by atoms with van der Waals surface area (Å²) in [4.78, 5) is 0. The smallest absolute Gasteiger partial charge is 0.136 e.